The summed E-state index contributed by atoms with van der Waals surface area (Å²) in [5, 5.41) is 13.2. The van der Waals surface area contributed by atoms with Crippen LogP contribution in [0.15, 0.2) is 24.3 Å². The monoisotopic (exact) mass is 258 g/mol. The van der Waals surface area contributed by atoms with E-state index in [9.17, 15) is 14.9 Å². The van der Waals surface area contributed by atoms with E-state index in [0.717, 1.165) is 5.56 Å². The molecule has 1 N–H and O–H groups in total. The minimum Gasteiger partial charge on any atom is -0.449 e. The van der Waals surface area contributed by atoms with Crippen molar-refractivity contribution in [1.29, 1.82) is 0 Å². The third-order valence-electron chi connectivity index (χ3n) is 2.42. The van der Waals surface area contributed by atoms with Gasteiger partial charge in [-0.05, 0) is 5.56 Å². The highest BCUT2D eigenvalue weighted by molar-refractivity contribution is 5.85. The molecule has 0 unspecified atom stereocenters. The van der Waals surface area contributed by atoms with Crippen LogP contribution in [0.4, 0.5) is 10.5 Å². The molecule has 0 spiro atoms. The number of carbonyl (C=O) groups is 1. The second-order valence-electron chi connectivity index (χ2n) is 3.47. The number of rotatable bonds is 2. The number of ether oxygens (including phenoxy) is 1. The van der Waals surface area contributed by atoms with Crippen LogP contribution in [0.25, 0.3) is 0 Å². The van der Waals surface area contributed by atoms with E-state index in [1.807, 2.05) is 0 Å². The fraction of sp³-hybridized carbons (Fsp3) is 0.300. The summed E-state index contributed by atoms with van der Waals surface area (Å²) in [6, 6.07) is 6.04. The number of halogens is 1. The molecular weight excluding hydrogens is 248 g/mol. The van der Waals surface area contributed by atoms with Crippen LogP contribution in [-0.2, 0) is 4.74 Å². The average Bonchev–Trinajstić information content (AvgIpc) is 2.29. The summed E-state index contributed by atoms with van der Waals surface area (Å²) in [6.07, 6.45) is 0.134. The Labute approximate surface area is 104 Å². The molecule has 2 rings (SSSR count). The van der Waals surface area contributed by atoms with Gasteiger partial charge in [-0.2, -0.15) is 0 Å². The molecule has 1 fully saturated rings. The lowest BCUT2D eigenvalue weighted by atomic mass is 10.0. The van der Waals surface area contributed by atoms with Gasteiger partial charge in [0.2, 0.25) is 0 Å². The maximum absolute atomic E-state index is 11.0. The summed E-state index contributed by atoms with van der Waals surface area (Å²) in [6.45, 7) is 0.333. The average molecular weight is 259 g/mol. The number of nitro benzene ring substituents is 1. The molecule has 7 heteroatoms. The molecule has 0 bridgehead atoms. The van der Waals surface area contributed by atoms with Gasteiger partial charge in [-0.15, -0.1) is 12.4 Å². The molecule has 0 saturated carbocycles. The summed E-state index contributed by atoms with van der Waals surface area (Å²) >= 11 is 0. The van der Waals surface area contributed by atoms with E-state index in [2.05, 4.69) is 5.32 Å². The normalized spacial score (nSPS) is 18.6. The van der Waals surface area contributed by atoms with Gasteiger partial charge in [-0.1, -0.05) is 12.1 Å². The van der Waals surface area contributed by atoms with E-state index >= 15 is 0 Å². The Kier molecular flexibility index (Phi) is 4.28. The number of amides is 1. The van der Waals surface area contributed by atoms with Crippen molar-refractivity contribution in [2.24, 2.45) is 0 Å². The van der Waals surface area contributed by atoms with Crippen molar-refractivity contribution < 1.29 is 14.5 Å². The molecule has 1 heterocycles. The fourth-order valence-electron chi connectivity index (χ4n) is 1.63. The van der Waals surface area contributed by atoms with Crippen molar-refractivity contribution in [2.75, 3.05) is 6.61 Å². The van der Waals surface area contributed by atoms with Crippen molar-refractivity contribution in [1.82, 2.24) is 5.32 Å². The van der Waals surface area contributed by atoms with Crippen LogP contribution in [0.3, 0.4) is 0 Å². The number of hydrogen-bond acceptors (Lipinski definition) is 4. The molecule has 1 saturated heterocycles. The number of benzene rings is 1. The standard InChI is InChI=1S/C10H10N2O4.ClH/c13-10-11-9(4-5-16-10)7-2-1-3-8(6-7)12(14)15;/h1-3,6,9H,4-5H2,(H,11,13);1H/t9-;/m0./s1. The zero-order valence-corrected chi connectivity index (χ0v) is 9.61. The van der Waals surface area contributed by atoms with Crippen molar-refractivity contribution in [3.63, 3.8) is 0 Å². The number of carbonyl (C=O) groups excluding carboxylic acids is 1. The Morgan fingerprint density at radius 2 is 2.24 bits per heavy atom. The molecule has 1 aliphatic rings. The van der Waals surface area contributed by atoms with Crippen molar-refractivity contribution in [2.45, 2.75) is 12.5 Å². The van der Waals surface area contributed by atoms with E-state index in [0.29, 0.717) is 13.0 Å². The molecule has 1 aliphatic heterocycles. The minimum absolute atomic E-state index is 0. The van der Waals surface area contributed by atoms with E-state index in [1.165, 1.54) is 12.1 Å². The molecule has 1 aromatic carbocycles. The zero-order chi connectivity index (χ0) is 11.5. The Hall–Kier alpha value is -1.82. The third kappa shape index (κ3) is 3.07. The van der Waals surface area contributed by atoms with Gasteiger partial charge in [0.05, 0.1) is 17.6 Å². The number of nitro groups is 1. The zero-order valence-electron chi connectivity index (χ0n) is 8.79. The lowest BCUT2D eigenvalue weighted by Crippen LogP contribution is -2.35. The van der Waals surface area contributed by atoms with Crippen LogP contribution in [-0.4, -0.2) is 17.6 Å². The predicted molar refractivity (Wildman–Crippen MR) is 62.2 cm³/mol. The Bertz CT molecular complexity index is 438. The summed E-state index contributed by atoms with van der Waals surface area (Å²) < 4.78 is 4.72. The number of non-ortho nitro benzene ring substituents is 1. The second-order valence-corrected chi connectivity index (χ2v) is 3.47. The first kappa shape index (κ1) is 13.2. The highest BCUT2D eigenvalue weighted by Gasteiger charge is 2.21. The smallest absolute Gasteiger partial charge is 0.407 e. The third-order valence-corrected chi connectivity index (χ3v) is 2.42. The number of nitrogens with zero attached hydrogens (tertiary/aromatic N) is 1. The van der Waals surface area contributed by atoms with E-state index in [4.69, 9.17) is 4.74 Å². The summed E-state index contributed by atoms with van der Waals surface area (Å²) in [5.41, 5.74) is 0.754. The van der Waals surface area contributed by atoms with Gasteiger partial charge in [0.1, 0.15) is 0 Å². The van der Waals surface area contributed by atoms with Crippen LogP contribution in [0.1, 0.15) is 18.0 Å². The molecule has 1 aromatic rings. The van der Waals surface area contributed by atoms with E-state index in [-0.39, 0.29) is 24.1 Å². The first-order chi connectivity index (χ1) is 7.66. The largest absolute Gasteiger partial charge is 0.449 e. The van der Waals surface area contributed by atoms with Gasteiger partial charge in [-0.3, -0.25) is 10.1 Å². The topological polar surface area (TPSA) is 81.5 Å². The molecule has 17 heavy (non-hydrogen) atoms. The Morgan fingerprint density at radius 3 is 2.88 bits per heavy atom. The number of cyclic esters (lactones) is 1. The maximum atomic E-state index is 11.0. The molecular formula is C10H11ClN2O4. The quantitative estimate of drug-likeness (QED) is 0.651. The van der Waals surface area contributed by atoms with Gasteiger partial charge in [0.15, 0.2) is 0 Å². The number of hydrogen-bond donors (Lipinski definition) is 1. The van der Waals surface area contributed by atoms with Crippen LogP contribution in [0, 0.1) is 10.1 Å². The maximum Gasteiger partial charge on any atom is 0.407 e. The highest BCUT2D eigenvalue weighted by atomic mass is 35.5. The molecule has 0 aromatic heterocycles. The van der Waals surface area contributed by atoms with E-state index in [1.54, 1.807) is 12.1 Å². The lowest BCUT2D eigenvalue weighted by molar-refractivity contribution is -0.384. The summed E-state index contributed by atoms with van der Waals surface area (Å²) in [5.74, 6) is 0. The minimum atomic E-state index is -0.484. The molecule has 1 atom stereocenters. The summed E-state index contributed by atoms with van der Waals surface area (Å²) in [7, 11) is 0. The first-order valence-corrected chi connectivity index (χ1v) is 4.84. The van der Waals surface area contributed by atoms with Crippen LogP contribution in [0.2, 0.25) is 0 Å². The number of alkyl carbamates (subject to hydrolysis) is 1. The van der Waals surface area contributed by atoms with Gasteiger partial charge in [0.25, 0.3) is 5.69 Å². The Balaban J connectivity index is 0.00000144. The fourth-order valence-corrected chi connectivity index (χ4v) is 1.63. The molecule has 6 nitrogen and oxygen atoms in total. The Morgan fingerprint density at radius 1 is 1.47 bits per heavy atom. The SMILES string of the molecule is Cl.O=C1N[C@H](c2cccc([N+](=O)[O-])c2)CCO1. The first-order valence-electron chi connectivity index (χ1n) is 4.84. The predicted octanol–water partition coefficient (Wildman–Crippen LogP) is 2.19. The molecule has 1 amide bonds. The van der Waals surface area contributed by atoms with Crippen LogP contribution < -0.4 is 5.32 Å². The van der Waals surface area contributed by atoms with Crippen molar-refractivity contribution in [3.05, 3.63) is 39.9 Å². The van der Waals surface area contributed by atoms with Gasteiger partial charge in [-0.25, -0.2) is 4.79 Å². The van der Waals surface area contributed by atoms with Gasteiger partial charge in [0, 0.05) is 18.6 Å². The van der Waals surface area contributed by atoms with Crippen molar-refractivity contribution >= 4 is 24.2 Å². The lowest BCUT2D eigenvalue weighted by Gasteiger charge is -2.23. The number of nitrogens with one attached hydrogen (secondary N) is 1. The van der Waals surface area contributed by atoms with Crippen LogP contribution in [0.5, 0.6) is 0 Å². The van der Waals surface area contributed by atoms with Crippen LogP contribution >= 0.6 is 12.4 Å². The van der Waals surface area contributed by atoms with Gasteiger partial charge < -0.3 is 10.1 Å². The van der Waals surface area contributed by atoms with Crippen molar-refractivity contribution in [3.8, 4) is 0 Å². The molecule has 0 radical (unpaired) electrons. The van der Waals surface area contributed by atoms with Gasteiger partial charge >= 0.3 is 6.09 Å². The molecule has 0 aliphatic carbocycles. The highest BCUT2D eigenvalue weighted by Crippen LogP contribution is 2.23. The van der Waals surface area contributed by atoms with E-state index < -0.39 is 11.0 Å². The second kappa shape index (κ2) is 5.49. The summed E-state index contributed by atoms with van der Waals surface area (Å²) in [4.78, 5) is 21.1. The molecule has 92 valence electrons.